The van der Waals surface area contributed by atoms with Crippen LogP contribution in [0.4, 0.5) is 5.13 Å². The standard InChI is InChI=1S/C19H26N2O5S/c1-5-6-20-17-21-14(10-27-17)18(4)11-19(16(23)26-18)7-13(25-15(19)22)9-24-8-12(2)3/h5,10,12-13H,1,6-9,11H2,2-4H3,(H,20,21). The Morgan fingerprint density at radius 1 is 1.48 bits per heavy atom. The second kappa shape index (κ2) is 7.59. The van der Waals surface area contributed by atoms with Gasteiger partial charge in [-0.3, -0.25) is 9.59 Å². The van der Waals surface area contributed by atoms with E-state index in [-0.39, 0.29) is 12.8 Å². The van der Waals surface area contributed by atoms with Gasteiger partial charge < -0.3 is 19.5 Å². The molecule has 7 nitrogen and oxygen atoms in total. The molecule has 3 rings (SSSR count). The number of cyclic esters (lactones) is 2. The number of hydrogen-bond acceptors (Lipinski definition) is 8. The summed E-state index contributed by atoms with van der Waals surface area (Å²) in [6, 6.07) is 0. The first-order chi connectivity index (χ1) is 12.8. The topological polar surface area (TPSA) is 86.8 Å². The fraction of sp³-hybridized carbons (Fsp3) is 0.632. The summed E-state index contributed by atoms with van der Waals surface area (Å²) in [4.78, 5) is 29.8. The fourth-order valence-corrected chi connectivity index (χ4v) is 4.35. The van der Waals surface area contributed by atoms with Crippen LogP contribution in [-0.4, -0.2) is 42.8 Å². The van der Waals surface area contributed by atoms with Gasteiger partial charge in [-0.1, -0.05) is 19.9 Å². The first-order valence-corrected chi connectivity index (χ1v) is 10.00. The summed E-state index contributed by atoms with van der Waals surface area (Å²) < 4.78 is 16.7. The number of nitrogens with one attached hydrogen (secondary N) is 1. The Hall–Kier alpha value is -1.93. The Bertz CT molecular complexity index is 733. The second-order valence-corrected chi connectivity index (χ2v) is 8.61. The van der Waals surface area contributed by atoms with Gasteiger partial charge in [0.2, 0.25) is 0 Å². The average Bonchev–Trinajstić information content (AvgIpc) is 3.25. The van der Waals surface area contributed by atoms with Gasteiger partial charge in [0, 0.05) is 31.4 Å². The predicted molar refractivity (Wildman–Crippen MR) is 101 cm³/mol. The lowest BCUT2D eigenvalue weighted by Crippen LogP contribution is -2.32. The lowest BCUT2D eigenvalue weighted by Gasteiger charge is -2.20. The molecule has 3 heterocycles. The van der Waals surface area contributed by atoms with Crippen molar-refractivity contribution in [2.75, 3.05) is 25.1 Å². The van der Waals surface area contributed by atoms with E-state index in [1.807, 2.05) is 19.2 Å². The van der Waals surface area contributed by atoms with Crippen LogP contribution in [0.2, 0.25) is 0 Å². The van der Waals surface area contributed by atoms with Crippen molar-refractivity contribution >= 4 is 28.4 Å². The number of carbonyl (C=O) groups excluding carboxylic acids is 2. The first kappa shape index (κ1) is 19.8. The minimum atomic E-state index is -1.26. The number of hydrogen-bond donors (Lipinski definition) is 1. The number of thiazole rings is 1. The smallest absolute Gasteiger partial charge is 0.324 e. The monoisotopic (exact) mass is 394 g/mol. The summed E-state index contributed by atoms with van der Waals surface area (Å²) in [7, 11) is 0. The van der Waals surface area contributed by atoms with Crippen molar-refractivity contribution in [1.82, 2.24) is 4.98 Å². The van der Waals surface area contributed by atoms with Gasteiger partial charge in [-0.05, 0) is 12.8 Å². The van der Waals surface area contributed by atoms with Crippen LogP contribution in [-0.2, 0) is 29.4 Å². The molecular weight excluding hydrogens is 368 g/mol. The summed E-state index contributed by atoms with van der Waals surface area (Å²) in [5.74, 6) is -0.658. The van der Waals surface area contributed by atoms with E-state index < -0.39 is 29.1 Å². The number of anilines is 1. The minimum Gasteiger partial charge on any atom is -0.459 e. The summed E-state index contributed by atoms with van der Waals surface area (Å²) in [6.45, 7) is 11.0. The Balaban J connectivity index is 1.71. The van der Waals surface area contributed by atoms with Gasteiger partial charge >= 0.3 is 11.9 Å². The molecule has 148 valence electrons. The van der Waals surface area contributed by atoms with Gasteiger partial charge in [-0.15, -0.1) is 17.9 Å². The van der Waals surface area contributed by atoms with Crippen LogP contribution in [0.15, 0.2) is 18.0 Å². The van der Waals surface area contributed by atoms with Crippen LogP contribution < -0.4 is 5.32 Å². The number of ether oxygens (including phenoxy) is 3. The van der Waals surface area contributed by atoms with Crippen molar-refractivity contribution in [2.24, 2.45) is 11.3 Å². The quantitative estimate of drug-likeness (QED) is 0.412. The van der Waals surface area contributed by atoms with Gasteiger partial charge in [0.05, 0.1) is 12.3 Å². The maximum atomic E-state index is 12.7. The van der Waals surface area contributed by atoms with E-state index in [0.717, 1.165) is 5.13 Å². The molecule has 1 aromatic rings. The molecule has 2 fully saturated rings. The third kappa shape index (κ3) is 3.87. The summed E-state index contributed by atoms with van der Waals surface area (Å²) >= 11 is 1.42. The number of rotatable bonds is 8. The molecule has 27 heavy (non-hydrogen) atoms. The predicted octanol–water partition coefficient (Wildman–Crippen LogP) is 2.88. The normalized spacial score (nSPS) is 30.0. The largest absolute Gasteiger partial charge is 0.459 e. The number of esters is 2. The van der Waals surface area contributed by atoms with E-state index in [9.17, 15) is 9.59 Å². The molecule has 0 amide bonds. The molecule has 0 aromatic carbocycles. The van der Waals surface area contributed by atoms with Crippen LogP contribution in [0, 0.1) is 11.3 Å². The number of carbonyl (C=O) groups is 2. The van der Waals surface area contributed by atoms with Crippen molar-refractivity contribution in [3.05, 3.63) is 23.7 Å². The van der Waals surface area contributed by atoms with Crippen LogP contribution in [0.1, 0.15) is 39.3 Å². The van der Waals surface area contributed by atoms with E-state index >= 15 is 0 Å². The number of nitrogens with zero attached hydrogens (tertiary/aromatic N) is 1. The van der Waals surface area contributed by atoms with Gasteiger partial charge in [-0.25, -0.2) is 4.98 Å². The molecule has 2 aliphatic rings. The van der Waals surface area contributed by atoms with Crippen LogP contribution >= 0.6 is 11.3 Å². The Morgan fingerprint density at radius 2 is 2.26 bits per heavy atom. The Kier molecular flexibility index (Phi) is 5.58. The molecule has 2 saturated heterocycles. The van der Waals surface area contributed by atoms with E-state index in [1.165, 1.54) is 11.3 Å². The zero-order valence-electron chi connectivity index (χ0n) is 15.9. The molecule has 0 saturated carbocycles. The van der Waals surface area contributed by atoms with Gasteiger partial charge in [0.1, 0.15) is 6.10 Å². The van der Waals surface area contributed by atoms with Crippen LogP contribution in [0.25, 0.3) is 0 Å². The highest BCUT2D eigenvalue weighted by molar-refractivity contribution is 7.13. The zero-order chi connectivity index (χ0) is 19.7. The highest BCUT2D eigenvalue weighted by Gasteiger charge is 2.65. The maximum absolute atomic E-state index is 12.7. The van der Waals surface area contributed by atoms with E-state index in [2.05, 4.69) is 16.9 Å². The Labute approximate surface area is 163 Å². The van der Waals surface area contributed by atoms with Gasteiger partial charge in [-0.2, -0.15) is 0 Å². The van der Waals surface area contributed by atoms with E-state index in [4.69, 9.17) is 14.2 Å². The SMILES string of the molecule is C=CCNc1nc(C2(C)CC3(CC(COCC(C)C)OC3=O)C(=O)O2)cs1. The van der Waals surface area contributed by atoms with Crippen molar-refractivity contribution in [3.63, 3.8) is 0 Å². The molecular formula is C19H26N2O5S. The third-order valence-corrected chi connectivity index (χ3v) is 5.59. The lowest BCUT2D eigenvalue weighted by atomic mass is 9.78. The number of aromatic nitrogens is 1. The average molecular weight is 394 g/mol. The Morgan fingerprint density at radius 3 is 2.96 bits per heavy atom. The molecule has 1 spiro atoms. The maximum Gasteiger partial charge on any atom is 0.324 e. The van der Waals surface area contributed by atoms with E-state index in [1.54, 1.807) is 13.0 Å². The van der Waals surface area contributed by atoms with Crippen LogP contribution in [0.3, 0.4) is 0 Å². The summed E-state index contributed by atoms with van der Waals surface area (Å²) in [6.07, 6.45) is 1.82. The van der Waals surface area contributed by atoms with Crippen LogP contribution in [0.5, 0.6) is 0 Å². The fourth-order valence-electron chi connectivity index (χ4n) is 3.50. The molecule has 8 heteroatoms. The molecule has 1 aromatic heterocycles. The summed E-state index contributed by atoms with van der Waals surface area (Å²) in [5, 5.41) is 5.68. The minimum absolute atomic E-state index is 0.225. The second-order valence-electron chi connectivity index (χ2n) is 7.75. The highest BCUT2D eigenvalue weighted by Crippen LogP contribution is 2.52. The van der Waals surface area contributed by atoms with Crippen molar-refractivity contribution in [3.8, 4) is 0 Å². The molecule has 3 atom stereocenters. The van der Waals surface area contributed by atoms with Gasteiger partial charge in [0.15, 0.2) is 16.1 Å². The first-order valence-electron chi connectivity index (χ1n) is 9.12. The molecule has 0 bridgehead atoms. The van der Waals surface area contributed by atoms with Crippen molar-refractivity contribution in [1.29, 1.82) is 0 Å². The molecule has 1 N–H and O–H groups in total. The lowest BCUT2D eigenvalue weighted by molar-refractivity contribution is -0.160. The summed E-state index contributed by atoms with van der Waals surface area (Å²) in [5.41, 5.74) is -1.58. The third-order valence-electron chi connectivity index (χ3n) is 4.79. The molecule has 2 aliphatic heterocycles. The highest BCUT2D eigenvalue weighted by atomic mass is 32.1. The van der Waals surface area contributed by atoms with Crippen molar-refractivity contribution < 1.29 is 23.8 Å². The molecule has 0 aliphatic carbocycles. The van der Waals surface area contributed by atoms with E-state index in [0.29, 0.717) is 31.4 Å². The van der Waals surface area contributed by atoms with Gasteiger partial charge in [0.25, 0.3) is 0 Å². The van der Waals surface area contributed by atoms with Crippen molar-refractivity contribution in [2.45, 2.75) is 45.3 Å². The molecule has 3 unspecified atom stereocenters. The zero-order valence-corrected chi connectivity index (χ0v) is 16.8. The molecule has 0 radical (unpaired) electrons.